The van der Waals surface area contributed by atoms with Crippen LogP contribution in [0.15, 0.2) is 42.5 Å². The number of nitrogens with one attached hydrogen (secondary N) is 2. The lowest BCUT2D eigenvalue weighted by atomic mass is 10.0. The molecule has 2 N–H and O–H groups in total. The molecule has 0 spiro atoms. The molecule has 1 saturated heterocycles. The molecule has 8 heteroatoms. The van der Waals surface area contributed by atoms with Crippen molar-refractivity contribution >= 4 is 34.9 Å². The fourth-order valence-corrected chi connectivity index (χ4v) is 4.08. The molecule has 32 heavy (non-hydrogen) atoms. The van der Waals surface area contributed by atoms with Crippen LogP contribution in [0.5, 0.6) is 5.75 Å². The molecule has 0 bridgehead atoms. The third kappa shape index (κ3) is 7.27. The van der Waals surface area contributed by atoms with E-state index in [0.29, 0.717) is 27.4 Å². The van der Waals surface area contributed by atoms with Gasteiger partial charge >= 0.3 is 6.03 Å². The largest absolute Gasteiger partial charge is 0.497 e. The van der Waals surface area contributed by atoms with E-state index in [0.717, 1.165) is 39.3 Å². The number of amides is 2. The van der Waals surface area contributed by atoms with Crippen molar-refractivity contribution in [2.45, 2.75) is 26.4 Å². The summed E-state index contributed by atoms with van der Waals surface area (Å²) in [6.07, 6.45) is 0. The van der Waals surface area contributed by atoms with Gasteiger partial charge in [-0.2, -0.15) is 0 Å². The van der Waals surface area contributed by atoms with Crippen molar-refractivity contribution in [3.8, 4) is 5.75 Å². The lowest BCUT2D eigenvalue weighted by molar-refractivity contribution is 0.113. The monoisotopic (exact) mass is 478 g/mol. The molecule has 1 aliphatic rings. The molecule has 1 fully saturated rings. The van der Waals surface area contributed by atoms with Gasteiger partial charge < -0.3 is 15.4 Å². The molecular weight excluding hydrogens is 447 g/mol. The summed E-state index contributed by atoms with van der Waals surface area (Å²) in [5, 5.41) is 7.23. The van der Waals surface area contributed by atoms with Crippen LogP contribution >= 0.6 is 23.2 Å². The maximum absolute atomic E-state index is 12.6. The SMILES string of the molecule is COc1cccc(NC(=O)N[C@H](CN2CCN(Cc3ccc(Cl)c(Cl)c3)CC2)C(C)C)c1. The van der Waals surface area contributed by atoms with Gasteiger partial charge in [0.1, 0.15) is 5.75 Å². The summed E-state index contributed by atoms with van der Waals surface area (Å²) < 4.78 is 5.22. The van der Waals surface area contributed by atoms with Crippen LogP contribution in [0, 0.1) is 5.92 Å². The lowest BCUT2D eigenvalue weighted by Gasteiger charge is -2.37. The quantitative estimate of drug-likeness (QED) is 0.562. The van der Waals surface area contributed by atoms with Gasteiger partial charge in [0.2, 0.25) is 0 Å². The standard InChI is InChI=1S/C24H32Cl2N4O2/c1-17(2)23(28-24(31)27-19-5-4-6-20(14-19)32-3)16-30-11-9-29(10-12-30)15-18-7-8-21(25)22(26)13-18/h4-8,13-14,17,23H,9-12,15-16H2,1-3H3,(H2,27,28,31)/t23-/m1/s1. The highest BCUT2D eigenvalue weighted by molar-refractivity contribution is 6.42. The molecule has 6 nitrogen and oxygen atoms in total. The van der Waals surface area contributed by atoms with Crippen LogP contribution in [0.4, 0.5) is 10.5 Å². The van der Waals surface area contributed by atoms with Crippen molar-refractivity contribution in [2.75, 3.05) is 45.2 Å². The van der Waals surface area contributed by atoms with Crippen LogP contribution in [0.1, 0.15) is 19.4 Å². The van der Waals surface area contributed by atoms with Gasteiger partial charge in [0, 0.05) is 57.1 Å². The van der Waals surface area contributed by atoms with Crippen molar-refractivity contribution in [1.29, 1.82) is 0 Å². The Kier molecular flexibility index (Phi) is 9.05. The molecule has 1 aliphatic heterocycles. The predicted molar refractivity (Wildman–Crippen MR) is 132 cm³/mol. The molecule has 0 radical (unpaired) electrons. The number of halogens is 2. The van der Waals surface area contributed by atoms with Crippen LogP contribution in [0.3, 0.4) is 0 Å². The van der Waals surface area contributed by atoms with Crippen LogP contribution < -0.4 is 15.4 Å². The number of methoxy groups -OCH3 is 1. The van der Waals surface area contributed by atoms with Gasteiger partial charge in [-0.15, -0.1) is 0 Å². The maximum Gasteiger partial charge on any atom is 0.319 e. The Morgan fingerprint density at radius 1 is 1.03 bits per heavy atom. The van der Waals surface area contributed by atoms with E-state index in [2.05, 4.69) is 34.3 Å². The van der Waals surface area contributed by atoms with Gasteiger partial charge in [0.15, 0.2) is 0 Å². The summed E-state index contributed by atoms with van der Waals surface area (Å²) in [6.45, 7) is 9.83. The topological polar surface area (TPSA) is 56.8 Å². The van der Waals surface area contributed by atoms with E-state index in [1.54, 1.807) is 13.2 Å². The smallest absolute Gasteiger partial charge is 0.319 e. The number of piperazine rings is 1. The first kappa shape index (κ1) is 24.6. The van der Waals surface area contributed by atoms with Crippen LogP contribution in [-0.4, -0.2) is 61.7 Å². The third-order valence-electron chi connectivity index (χ3n) is 5.76. The zero-order chi connectivity index (χ0) is 23.1. The Morgan fingerprint density at radius 2 is 1.75 bits per heavy atom. The molecule has 3 rings (SSSR count). The van der Waals surface area contributed by atoms with Crippen LogP contribution in [0.25, 0.3) is 0 Å². The zero-order valence-corrected chi connectivity index (χ0v) is 20.4. The molecule has 2 amide bonds. The van der Waals surface area contributed by atoms with E-state index in [9.17, 15) is 4.79 Å². The fraction of sp³-hybridized carbons (Fsp3) is 0.458. The molecule has 2 aromatic rings. The number of rotatable bonds is 8. The van der Waals surface area contributed by atoms with E-state index in [1.165, 1.54) is 5.56 Å². The number of anilines is 1. The molecule has 0 aromatic heterocycles. The first-order valence-corrected chi connectivity index (χ1v) is 11.7. The Hall–Kier alpha value is -1.99. The molecule has 0 unspecified atom stereocenters. The summed E-state index contributed by atoms with van der Waals surface area (Å²) >= 11 is 12.2. The summed E-state index contributed by atoms with van der Waals surface area (Å²) in [4.78, 5) is 17.4. The number of hydrogen-bond donors (Lipinski definition) is 2. The van der Waals surface area contributed by atoms with Crippen molar-refractivity contribution in [2.24, 2.45) is 5.92 Å². The van der Waals surface area contributed by atoms with E-state index in [-0.39, 0.29) is 12.1 Å². The molecule has 1 heterocycles. The van der Waals surface area contributed by atoms with Gasteiger partial charge in [0.25, 0.3) is 0 Å². The predicted octanol–water partition coefficient (Wildman–Crippen LogP) is 4.97. The minimum absolute atomic E-state index is 0.0576. The zero-order valence-electron chi connectivity index (χ0n) is 18.9. The van der Waals surface area contributed by atoms with Crippen molar-refractivity contribution in [1.82, 2.24) is 15.1 Å². The second-order valence-corrected chi connectivity index (χ2v) is 9.32. The first-order valence-electron chi connectivity index (χ1n) is 10.9. The number of benzene rings is 2. The highest BCUT2D eigenvalue weighted by Crippen LogP contribution is 2.23. The number of ether oxygens (including phenoxy) is 1. The summed E-state index contributed by atoms with van der Waals surface area (Å²) in [6, 6.07) is 13.0. The fourth-order valence-electron chi connectivity index (χ4n) is 3.76. The Morgan fingerprint density at radius 3 is 2.41 bits per heavy atom. The second-order valence-electron chi connectivity index (χ2n) is 8.51. The molecule has 174 valence electrons. The third-order valence-corrected chi connectivity index (χ3v) is 6.50. The molecule has 1 atom stereocenters. The number of carbonyl (C=O) groups is 1. The van der Waals surface area contributed by atoms with E-state index in [1.807, 2.05) is 36.4 Å². The highest BCUT2D eigenvalue weighted by atomic mass is 35.5. The average molecular weight is 479 g/mol. The molecule has 2 aromatic carbocycles. The van der Waals surface area contributed by atoms with Crippen molar-refractivity contribution < 1.29 is 9.53 Å². The van der Waals surface area contributed by atoms with Gasteiger partial charge in [-0.05, 0) is 35.7 Å². The summed E-state index contributed by atoms with van der Waals surface area (Å²) in [5.41, 5.74) is 1.88. The van der Waals surface area contributed by atoms with Crippen molar-refractivity contribution in [3.05, 3.63) is 58.1 Å². The highest BCUT2D eigenvalue weighted by Gasteiger charge is 2.23. The number of nitrogens with zero attached hydrogens (tertiary/aromatic N) is 2. The number of hydrogen-bond acceptors (Lipinski definition) is 4. The normalized spacial score (nSPS) is 16.1. The van der Waals surface area contributed by atoms with E-state index >= 15 is 0 Å². The minimum Gasteiger partial charge on any atom is -0.497 e. The second kappa shape index (κ2) is 11.8. The van der Waals surface area contributed by atoms with E-state index < -0.39 is 0 Å². The minimum atomic E-state index is -0.199. The molecule has 0 saturated carbocycles. The van der Waals surface area contributed by atoms with Gasteiger partial charge in [-0.1, -0.05) is 49.2 Å². The van der Waals surface area contributed by atoms with E-state index in [4.69, 9.17) is 27.9 Å². The first-order chi connectivity index (χ1) is 15.3. The van der Waals surface area contributed by atoms with Gasteiger partial charge in [-0.25, -0.2) is 4.79 Å². The number of carbonyl (C=O) groups excluding carboxylic acids is 1. The Balaban J connectivity index is 1.47. The van der Waals surface area contributed by atoms with Crippen LogP contribution in [-0.2, 0) is 6.54 Å². The van der Waals surface area contributed by atoms with Crippen LogP contribution in [0.2, 0.25) is 10.0 Å². The lowest BCUT2D eigenvalue weighted by Crippen LogP contribution is -2.53. The summed E-state index contributed by atoms with van der Waals surface area (Å²) in [5.74, 6) is 1.03. The van der Waals surface area contributed by atoms with Gasteiger partial charge in [0.05, 0.1) is 17.2 Å². The number of urea groups is 1. The Labute approximate surface area is 200 Å². The molecular formula is C24H32Cl2N4O2. The maximum atomic E-state index is 12.6. The Bertz CT molecular complexity index is 901. The molecule has 0 aliphatic carbocycles. The summed E-state index contributed by atoms with van der Waals surface area (Å²) in [7, 11) is 1.61. The average Bonchev–Trinajstić information content (AvgIpc) is 2.77. The van der Waals surface area contributed by atoms with Crippen molar-refractivity contribution in [3.63, 3.8) is 0 Å². The van der Waals surface area contributed by atoms with Gasteiger partial charge in [-0.3, -0.25) is 9.80 Å².